The summed E-state index contributed by atoms with van der Waals surface area (Å²) in [7, 11) is 0. The van der Waals surface area contributed by atoms with Gasteiger partial charge in [-0.2, -0.15) is 0 Å². The van der Waals surface area contributed by atoms with Crippen LogP contribution in [-0.2, 0) is 22.4 Å². The second-order valence-electron chi connectivity index (χ2n) is 7.65. The number of hydrogen-bond donors (Lipinski definition) is 2. The Balaban J connectivity index is 1.70. The molecule has 0 aliphatic rings. The molecule has 3 aromatic carbocycles. The standard InChI is InChI=1S/C25H28N2O2/c1-4-18-9-7-13-21(15-18)26-25(29)24(17(2)3)27-23(28)16-20-12-8-11-19-10-5-6-14-22(19)20/h5-15,17,24H,4,16H2,1-3H3,(H,26,29)(H,27,28)/t24-/m0/s1. The fraction of sp³-hybridized carbons (Fsp3) is 0.280. The minimum Gasteiger partial charge on any atom is -0.344 e. The molecule has 0 radical (unpaired) electrons. The summed E-state index contributed by atoms with van der Waals surface area (Å²) in [5.74, 6) is -0.377. The quantitative estimate of drug-likeness (QED) is 0.615. The van der Waals surface area contributed by atoms with Gasteiger partial charge in [0.15, 0.2) is 0 Å². The summed E-state index contributed by atoms with van der Waals surface area (Å²) < 4.78 is 0. The van der Waals surface area contributed by atoms with Gasteiger partial charge in [0.25, 0.3) is 0 Å². The molecule has 0 heterocycles. The van der Waals surface area contributed by atoms with E-state index >= 15 is 0 Å². The number of fused-ring (bicyclic) bond motifs is 1. The average Bonchev–Trinajstić information content (AvgIpc) is 2.72. The summed E-state index contributed by atoms with van der Waals surface area (Å²) in [6, 6.07) is 21.2. The van der Waals surface area contributed by atoms with Crippen molar-refractivity contribution in [1.29, 1.82) is 0 Å². The van der Waals surface area contributed by atoms with Gasteiger partial charge in [0, 0.05) is 5.69 Å². The van der Waals surface area contributed by atoms with Crippen molar-refractivity contribution in [2.45, 2.75) is 39.7 Å². The predicted molar refractivity (Wildman–Crippen MR) is 119 cm³/mol. The fourth-order valence-electron chi connectivity index (χ4n) is 3.47. The van der Waals surface area contributed by atoms with Crippen LogP contribution < -0.4 is 10.6 Å². The molecule has 0 fully saturated rings. The maximum absolute atomic E-state index is 12.8. The van der Waals surface area contributed by atoms with Crippen LogP contribution in [0, 0.1) is 5.92 Å². The summed E-state index contributed by atoms with van der Waals surface area (Å²) in [6.45, 7) is 5.95. The molecule has 0 spiro atoms. The second-order valence-corrected chi connectivity index (χ2v) is 7.65. The van der Waals surface area contributed by atoms with Gasteiger partial charge < -0.3 is 10.6 Å². The van der Waals surface area contributed by atoms with Crippen molar-refractivity contribution in [3.05, 3.63) is 77.9 Å². The van der Waals surface area contributed by atoms with Crippen LogP contribution in [0.5, 0.6) is 0 Å². The van der Waals surface area contributed by atoms with E-state index in [0.717, 1.165) is 34.0 Å². The van der Waals surface area contributed by atoms with Gasteiger partial charge in [0.05, 0.1) is 6.42 Å². The van der Waals surface area contributed by atoms with Gasteiger partial charge >= 0.3 is 0 Å². The number of rotatable bonds is 7. The van der Waals surface area contributed by atoms with Crippen LogP contribution in [0.3, 0.4) is 0 Å². The highest BCUT2D eigenvalue weighted by Gasteiger charge is 2.24. The van der Waals surface area contributed by atoms with Crippen LogP contribution in [-0.4, -0.2) is 17.9 Å². The lowest BCUT2D eigenvalue weighted by atomic mass is 10.00. The van der Waals surface area contributed by atoms with Crippen molar-refractivity contribution in [2.75, 3.05) is 5.32 Å². The minimum absolute atomic E-state index is 0.0270. The minimum atomic E-state index is -0.595. The molecule has 0 aliphatic carbocycles. The lowest BCUT2D eigenvalue weighted by Gasteiger charge is -2.22. The Morgan fingerprint density at radius 3 is 2.41 bits per heavy atom. The maximum atomic E-state index is 12.8. The van der Waals surface area contributed by atoms with E-state index in [1.807, 2.05) is 80.6 Å². The predicted octanol–water partition coefficient (Wildman–Crippen LogP) is 4.72. The summed E-state index contributed by atoms with van der Waals surface area (Å²) in [5.41, 5.74) is 2.87. The number of amides is 2. The Hall–Kier alpha value is -3.14. The Bertz CT molecular complexity index is 1010. The molecule has 0 saturated heterocycles. The molecule has 0 aromatic heterocycles. The first kappa shape index (κ1) is 20.6. The van der Waals surface area contributed by atoms with Crippen molar-refractivity contribution < 1.29 is 9.59 Å². The summed E-state index contributed by atoms with van der Waals surface area (Å²) in [6.07, 6.45) is 1.14. The number of aryl methyl sites for hydroxylation is 1. The highest BCUT2D eigenvalue weighted by molar-refractivity contribution is 5.98. The Morgan fingerprint density at radius 2 is 1.66 bits per heavy atom. The largest absolute Gasteiger partial charge is 0.344 e. The molecule has 0 saturated carbocycles. The first-order valence-corrected chi connectivity index (χ1v) is 10.1. The molecule has 4 nitrogen and oxygen atoms in total. The Morgan fingerprint density at radius 1 is 0.931 bits per heavy atom. The van der Waals surface area contributed by atoms with E-state index in [9.17, 15) is 9.59 Å². The smallest absolute Gasteiger partial charge is 0.247 e. The molecule has 150 valence electrons. The van der Waals surface area contributed by atoms with Crippen molar-refractivity contribution in [3.63, 3.8) is 0 Å². The number of carbonyl (C=O) groups is 2. The third kappa shape index (κ3) is 5.23. The number of nitrogens with one attached hydrogen (secondary N) is 2. The van der Waals surface area contributed by atoms with Gasteiger partial charge in [-0.3, -0.25) is 9.59 Å². The van der Waals surface area contributed by atoms with Gasteiger partial charge in [-0.05, 0) is 46.4 Å². The van der Waals surface area contributed by atoms with E-state index in [2.05, 4.69) is 17.6 Å². The SMILES string of the molecule is CCc1cccc(NC(=O)[C@@H](NC(=O)Cc2cccc3ccccc23)C(C)C)c1. The molecule has 3 aromatic rings. The zero-order valence-electron chi connectivity index (χ0n) is 17.2. The van der Waals surface area contributed by atoms with Gasteiger partial charge in [0.2, 0.25) is 11.8 Å². The average molecular weight is 389 g/mol. The molecule has 0 bridgehead atoms. The summed E-state index contributed by atoms with van der Waals surface area (Å²) in [4.78, 5) is 25.6. The van der Waals surface area contributed by atoms with Crippen molar-refractivity contribution in [3.8, 4) is 0 Å². The van der Waals surface area contributed by atoms with E-state index in [1.165, 1.54) is 0 Å². The third-order valence-corrected chi connectivity index (χ3v) is 5.10. The molecular formula is C25H28N2O2. The van der Waals surface area contributed by atoms with Crippen LogP contribution >= 0.6 is 0 Å². The third-order valence-electron chi connectivity index (χ3n) is 5.10. The topological polar surface area (TPSA) is 58.2 Å². The summed E-state index contributed by atoms with van der Waals surface area (Å²) in [5, 5.41) is 8.04. The lowest BCUT2D eigenvalue weighted by molar-refractivity contribution is -0.127. The first-order chi connectivity index (χ1) is 14.0. The van der Waals surface area contributed by atoms with Crippen LogP contribution in [0.25, 0.3) is 10.8 Å². The molecular weight excluding hydrogens is 360 g/mol. The normalized spacial score (nSPS) is 12.0. The number of benzene rings is 3. The fourth-order valence-corrected chi connectivity index (χ4v) is 3.47. The van der Waals surface area contributed by atoms with Crippen LogP contribution in [0.4, 0.5) is 5.69 Å². The van der Waals surface area contributed by atoms with Gasteiger partial charge in [-0.15, -0.1) is 0 Å². The lowest BCUT2D eigenvalue weighted by Crippen LogP contribution is -2.47. The van der Waals surface area contributed by atoms with Crippen molar-refractivity contribution >= 4 is 28.3 Å². The Kier molecular flexibility index (Phi) is 6.65. The van der Waals surface area contributed by atoms with E-state index in [-0.39, 0.29) is 24.2 Å². The number of anilines is 1. The molecule has 4 heteroatoms. The second kappa shape index (κ2) is 9.37. The Labute approximate surface area is 172 Å². The van der Waals surface area contributed by atoms with Crippen LogP contribution in [0.15, 0.2) is 66.7 Å². The molecule has 3 rings (SSSR count). The zero-order valence-corrected chi connectivity index (χ0v) is 17.2. The van der Waals surface area contributed by atoms with Crippen LogP contribution in [0.1, 0.15) is 31.9 Å². The molecule has 29 heavy (non-hydrogen) atoms. The van der Waals surface area contributed by atoms with Crippen LogP contribution in [0.2, 0.25) is 0 Å². The highest BCUT2D eigenvalue weighted by Crippen LogP contribution is 2.19. The maximum Gasteiger partial charge on any atom is 0.247 e. The molecule has 0 aliphatic heterocycles. The van der Waals surface area contributed by atoms with E-state index in [0.29, 0.717) is 0 Å². The molecule has 2 N–H and O–H groups in total. The molecule has 0 unspecified atom stereocenters. The number of carbonyl (C=O) groups excluding carboxylic acids is 2. The molecule has 2 amide bonds. The zero-order chi connectivity index (χ0) is 20.8. The van der Waals surface area contributed by atoms with Crippen molar-refractivity contribution in [1.82, 2.24) is 5.32 Å². The summed E-state index contributed by atoms with van der Waals surface area (Å²) >= 11 is 0. The number of hydrogen-bond acceptors (Lipinski definition) is 2. The molecule has 1 atom stereocenters. The van der Waals surface area contributed by atoms with Gasteiger partial charge in [-0.1, -0.05) is 75.4 Å². The first-order valence-electron chi connectivity index (χ1n) is 10.1. The van der Waals surface area contributed by atoms with Gasteiger partial charge in [-0.25, -0.2) is 0 Å². The van der Waals surface area contributed by atoms with Gasteiger partial charge in [0.1, 0.15) is 6.04 Å². The van der Waals surface area contributed by atoms with E-state index in [4.69, 9.17) is 0 Å². The highest BCUT2D eigenvalue weighted by atomic mass is 16.2. The van der Waals surface area contributed by atoms with E-state index < -0.39 is 6.04 Å². The van der Waals surface area contributed by atoms with E-state index in [1.54, 1.807) is 0 Å². The monoisotopic (exact) mass is 388 g/mol. The van der Waals surface area contributed by atoms with Crippen molar-refractivity contribution in [2.24, 2.45) is 5.92 Å².